The lowest BCUT2D eigenvalue weighted by Gasteiger charge is -2.17. The van der Waals surface area contributed by atoms with Gasteiger partial charge in [-0.15, -0.1) is 23.1 Å². The summed E-state index contributed by atoms with van der Waals surface area (Å²) < 4.78 is 5.53. The molecule has 2 amide bonds. The van der Waals surface area contributed by atoms with Gasteiger partial charge in [-0.25, -0.2) is 9.78 Å². The Morgan fingerprint density at radius 1 is 1.03 bits per heavy atom. The van der Waals surface area contributed by atoms with E-state index in [0.717, 1.165) is 23.4 Å². The number of nitrogens with zero attached hydrogens (tertiary/aromatic N) is 2. The number of hydrogen-bond acceptors (Lipinski definition) is 7. The second kappa shape index (κ2) is 12.3. The molecule has 1 N–H and O–H groups in total. The van der Waals surface area contributed by atoms with Crippen LogP contribution in [-0.2, 0) is 33.8 Å². The van der Waals surface area contributed by atoms with Crippen LogP contribution >= 0.6 is 23.1 Å². The number of thioether (sulfide) groups is 1. The van der Waals surface area contributed by atoms with Crippen molar-refractivity contribution in [2.24, 2.45) is 0 Å². The number of esters is 1. The lowest BCUT2D eigenvalue weighted by atomic mass is 10.2. The largest absolute Gasteiger partial charge is 0.456 e. The van der Waals surface area contributed by atoms with Crippen LogP contribution in [0.25, 0.3) is 0 Å². The van der Waals surface area contributed by atoms with Gasteiger partial charge >= 0.3 is 5.97 Å². The van der Waals surface area contributed by atoms with Crippen LogP contribution in [-0.4, -0.2) is 35.1 Å². The maximum absolute atomic E-state index is 12.9. The number of hydrogen-bond donors (Lipinski definition) is 1. The van der Waals surface area contributed by atoms with Gasteiger partial charge in [0.05, 0.1) is 23.4 Å². The Kier molecular flexibility index (Phi) is 8.39. The first kappa shape index (κ1) is 26.6. The molecule has 1 aliphatic heterocycles. The van der Waals surface area contributed by atoms with Crippen molar-refractivity contribution >= 4 is 52.3 Å². The average molecular weight is 558 g/mol. The molecule has 39 heavy (non-hydrogen) atoms. The number of aryl methyl sites for hydroxylation is 1. The highest BCUT2D eigenvalue weighted by molar-refractivity contribution is 8.00. The van der Waals surface area contributed by atoms with E-state index in [2.05, 4.69) is 10.3 Å². The maximum Gasteiger partial charge on any atom is 0.339 e. The Labute approximate surface area is 235 Å². The third-order valence-electron chi connectivity index (χ3n) is 6.33. The van der Waals surface area contributed by atoms with Gasteiger partial charge in [0.1, 0.15) is 11.6 Å². The molecule has 9 heteroatoms. The summed E-state index contributed by atoms with van der Waals surface area (Å²) in [7, 11) is 0. The average Bonchev–Trinajstić information content (AvgIpc) is 3.59. The molecule has 0 unspecified atom stereocenters. The number of fused-ring (bicyclic) bond motifs is 1. The molecule has 2 heterocycles. The summed E-state index contributed by atoms with van der Waals surface area (Å²) in [6.45, 7) is 2.61. The van der Waals surface area contributed by atoms with E-state index in [1.54, 1.807) is 17.5 Å². The summed E-state index contributed by atoms with van der Waals surface area (Å²) in [5, 5.41) is 5.33. The first-order valence-electron chi connectivity index (χ1n) is 12.5. The fourth-order valence-electron chi connectivity index (χ4n) is 4.33. The zero-order chi connectivity index (χ0) is 27.2. The van der Waals surface area contributed by atoms with Crippen LogP contribution in [0.1, 0.15) is 32.2 Å². The van der Waals surface area contributed by atoms with E-state index in [-0.39, 0.29) is 30.6 Å². The van der Waals surface area contributed by atoms with Crippen LogP contribution in [0.3, 0.4) is 0 Å². The number of ether oxygens (including phenoxy) is 1. The van der Waals surface area contributed by atoms with Gasteiger partial charge in [0.2, 0.25) is 11.8 Å². The molecule has 0 fully saturated rings. The van der Waals surface area contributed by atoms with Crippen molar-refractivity contribution in [1.29, 1.82) is 0 Å². The zero-order valence-electron chi connectivity index (χ0n) is 21.4. The van der Waals surface area contributed by atoms with Crippen LogP contribution in [0, 0.1) is 6.92 Å². The Morgan fingerprint density at radius 2 is 1.79 bits per heavy atom. The molecule has 198 valence electrons. The second-order valence-electron chi connectivity index (χ2n) is 9.06. The summed E-state index contributed by atoms with van der Waals surface area (Å²) in [6.07, 6.45) is 0.993. The summed E-state index contributed by atoms with van der Waals surface area (Å²) >= 11 is 2.68. The van der Waals surface area contributed by atoms with Crippen molar-refractivity contribution in [3.63, 3.8) is 0 Å². The highest BCUT2D eigenvalue weighted by atomic mass is 32.2. The molecular weight excluding hydrogens is 530 g/mol. The Hall–Kier alpha value is -3.95. The SMILES string of the molecule is Cc1ccccc1NC(=O)Cc1nc(COC(=O)c2ccccc2SCC(=O)N2CCc3ccccc32)cs1. The van der Waals surface area contributed by atoms with Crippen molar-refractivity contribution in [3.8, 4) is 0 Å². The van der Waals surface area contributed by atoms with Gasteiger partial charge < -0.3 is 15.0 Å². The Bertz CT molecular complexity index is 1520. The number of para-hydroxylation sites is 2. The van der Waals surface area contributed by atoms with Gasteiger partial charge in [-0.1, -0.05) is 48.5 Å². The highest BCUT2D eigenvalue weighted by Gasteiger charge is 2.24. The van der Waals surface area contributed by atoms with Gasteiger partial charge in [-0.05, 0) is 48.7 Å². The van der Waals surface area contributed by atoms with Crippen molar-refractivity contribution in [1.82, 2.24) is 4.98 Å². The molecule has 0 aliphatic carbocycles. The summed E-state index contributed by atoms with van der Waals surface area (Å²) in [6, 6.07) is 22.7. The standard InChI is InChI=1S/C30H27N3O4S2/c1-20-8-2-5-11-24(20)32-27(34)16-28-31-22(18-39-28)17-37-30(36)23-10-4-7-13-26(23)38-19-29(35)33-15-14-21-9-3-6-12-25(21)33/h2-13,18H,14-17,19H2,1H3,(H,32,34). The summed E-state index contributed by atoms with van der Waals surface area (Å²) in [5.74, 6) is -0.405. The number of nitrogens with one attached hydrogen (secondary N) is 1. The normalized spacial score (nSPS) is 12.2. The van der Waals surface area contributed by atoms with E-state index in [1.807, 2.05) is 72.5 Å². The molecule has 4 aromatic rings. The molecular formula is C30H27N3O4S2. The Morgan fingerprint density at radius 3 is 2.67 bits per heavy atom. The predicted octanol–water partition coefficient (Wildman–Crippen LogP) is 5.67. The van der Waals surface area contributed by atoms with Crippen LogP contribution in [0.5, 0.6) is 0 Å². The number of benzene rings is 3. The molecule has 0 atom stereocenters. The third-order valence-corrected chi connectivity index (χ3v) is 8.28. The molecule has 1 aromatic heterocycles. The van der Waals surface area contributed by atoms with Gasteiger partial charge in [0, 0.05) is 28.2 Å². The number of amides is 2. The number of thiazole rings is 1. The van der Waals surface area contributed by atoms with Crippen molar-refractivity contribution in [2.75, 3.05) is 22.5 Å². The first-order valence-corrected chi connectivity index (χ1v) is 14.4. The summed E-state index contributed by atoms with van der Waals surface area (Å²) in [4.78, 5) is 45.2. The van der Waals surface area contributed by atoms with Crippen LogP contribution < -0.4 is 10.2 Å². The molecule has 0 radical (unpaired) electrons. The maximum atomic E-state index is 12.9. The zero-order valence-corrected chi connectivity index (χ0v) is 23.0. The summed E-state index contributed by atoms with van der Waals surface area (Å²) in [5.41, 5.74) is 4.90. The number of anilines is 2. The number of aromatic nitrogens is 1. The minimum atomic E-state index is -0.482. The first-order chi connectivity index (χ1) is 19.0. The second-order valence-corrected chi connectivity index (χ2v) is 11.0. The van der Waals surface area contributed by atoms with E-state index in [4.69, 9.17) is 4.74 Å². The smallest absolute Gasteiger partial charge is 0.339 e. The van der Waals surface area contributed by atoms with E-state index < -0.39 is 5.97 Å². The van der Waals surface area contributed by atoms with E-state index in [9.17, 15) is 14.4 Å². The molecule has 0 bridgehead atoms. The van der Waals surface area contributed by atoms with Gasteiger partial charge in [-0.2, -0.15) is 0 Å². The van der Waals surface area contributed by atoms with Gasteiger partial charge in [-0.3, -0.25) is 9.59 Å². The van der Waals surface area contributed by atoms with Crippen molar-refractivity contribution < 1.29 is 19.1 Å². The molecule has 0 spiro atoms. The number of carbonyl (C=O) groups is 3. The van der Waals surface area contributed by atoms with Gasteiger partial charge in [0.15, 0.2) is 0 Å². The molecule has 0 saturated carbocycles. The highest BCUT2D eigenvalue weighted by Crippen LogP contribution is 2.30. The minimum Gasteiger partial charge on any atom is -0.456 e. The quantitative estimate of drug-likeness (QED) is 0.211. The molecule has 7 nitrogen and oxygen atoms in total. The number of rotatable bonds is 9. The van der Waals surface area contributed by atoms with E-state index in [1.165, 1.54) is 28.7 Å². The van der Waals surface area contributed by atoms with E-state index >= 15 is 0 Å². The monoisotopic (exact) mass is 557 g/mol. The topological polar surface area (TPSA) is 88.6 Å². The molecule has 0 saturated heterocycles. The number of carbonyl (C=O) groups excluding carboxylic acids is 3. The molecule has 1 aliphatic rings. The molecule has 3 aromatic carbocycles. The van der Waals surface area contributed by atoms with Crippen LogP contribution in [0.15, 0.2) is 83.1 Å². The fourth-order valence-corrected chi connectivity index (χ4v) is 6.03. The van der Waals surface area contributed by atoms with Crippen molar-refractivity contribution in [2.45, 2.75) is 31.3 Å². The lowest BCUT2D eigenvalue weighted by molar-refractivity contribution is -0.116. The molecule has 5 rings (SSSR count). The van der Waals surface area contributed by atoms with Gasteiger partial charge in [0.25, 0.3) is 0 Å². The predicted molar refractivity (Wildman–Crippen MR) is 154 cm³/mol. The minimum absolute atomic E-state index is 0.00274. The van der Waals surface area contributed by atoms with Crippen LogP contribution in [0.2, 0.25) is 0 Å². The van der Waals surface area contributed by atoms with E-state index in [0.29, 0.717) is 27.7 Å². The van der Waals surface area contributed by atoms with Crippen molar-refractivity contribution in [3.05, 3.63) is 106 Å². The van der Waals surface area contributed by atoms with Crippen LogP contribution in [0.4, 0.5) is 11.4 Å². The fraction of sp³-hybridized carbons (Fsp3) is 0.200. The third kappa shape index (κ3) is 6.55. The Balaban J connectivity index is 1.14. The lowest BCUT2D eigenvalue weighted by Crippen LogP contribution is -2.30.